The van der Waals surface area contributed by atoms with Crippen LogP contribution in [-0.4, -0.2) is 36.9 Å². The predicted octanol–water partition coefficient (Wildman–Crippen LogP) is -0.725. The minimum Gasteiger partial charge on any atom is -0.355 e. The maximum atomic E-state index is 11.9. The van der Waals surface area contributed by atoms with Gasteiger partial charge in [-0.1, -0.05) is 0 Å². The fraction of sp³-hybridized carbons (Fsp3) is 0.556. The quantitative estimate of drug-likeness (QED) is 0.665. The van der Waals surface area contributed by atoms with Crippen LogP contribution >= 0.6 is 0 Å². The van der Waals surface area contributed by atoms with E-state index in [0.29, 0.717) is 18.8 Å². The molecule has 1 unspecified atom stereocenters. The number of nitrogens with zero attached hydrogens (tertiary/aromatic N) is 1. The molecule has 0 saturated carbocycles. The van der Waals surface area contributed by atoms with Crippen LogP contribution in [0, 0.1) is 6.92 Å². The third-order valence-electron chi connectivity index (χ3n) is 2.55. The van der Waals surface area contributed by atoms with E-state index in [2.05, 4.69) is 20.0 Å². The van der Waals surface area contributed by atoms with Crippen molar-refractivity contribution in [3.8, 4) is 0 Å². The molecule has 0 bridgehead atoms. The van der Waals surface area contributed by atoms with Crippen molar-refractivity contribution in [2.24, 2.45) is 0 Å². The van der Waals surface area contributed by atoms with E-state index < -0.39 is 16.1 Å². The molecule has 0 aromatic carbocycles. The van der Waals surface area contributed by atoms with E-state index in [4.69, 9.17) is 0 Å². The number of nitrogens with one attached hydrogen (secondary N) is 3. The Hall–Kier alpha value is -1.41. The lowest BCUT2D eigenvalue weighted by molar-refractivity contribution is -0.124. The first-order chi connectivity index (χ1) is 7.99. The van der Waals surface area contributed by atoms with Crippen LogP contribution in [0.15, 0.2) is 11.2 Å². The summed E-state index contributed by atoms with van der Waals surface area (Å²) in [6, 6.07) is -0.697. The second-order valence-electron chi connectivity index (χ2n) is 3.94. The van der Waals surface area contributed by atoms with Crippen molar-refractivity contribution in [2.75, 3.05) is 6.54 Å². The number of aromatic amines is 1. The molecule has 17 heavy (non-hydrogen) atoms. The van der Waals surface area contributed by atoms with Gasteiger partial charge in [0.15, 0.2) is 5.03 Å². The summed E-state index contributed by atoms with van der Waals surface area (Å²) >= 11 is 0. The molecule has 1 saturated heterocycles. The number of imidazole rings is 1. The van der Waals surface area contributed by atoms with E-state index in [1.54, 1.807) is 6.92 Å². The molecule has 1 aromatic rings. The monoisotopic (exact) mass is 258 g/mol. The van der Waals surface area contributed by atoms with Gasteiger partial charge >= 0.3 is 0 Å². The van der Waals surface area contributed by atoms with Crippen LogP contribution in [0.5, 0.6) is 0 Å². The molecule has 7 nitrogen and oxygen atoms in total. The molecule has 1 amide bonds. The number of carbonyl (C=O) groups excluding carboxylic acids is 1. The molecule has 2 heterocycles. The van der Waals surface area contributed by atoms with E-state index >= 15 is 0 Å². The lowest BCUT2D eigenvalue weighted by atomic mass is 10.1. The van der Waals surface area contributed by atoms with Gasteiger partial charge in [-0.05, 0) is 19.8 Å². The number of aryl methyl sites for hydroxylation is 1. The number of H-pyrrole nitrogens is 1. The Balaban J connectivity index is 2.14. The number of hydrogen-bond acceptors (Lipinski definition) is 4. The summed E-state index contributed by atoms with van der Waals surface area (Å²) in [6.07, 6.45) is 2.51. The molecule has 8 heteroatoms. The number of carbonyl (C=O) groups is 1. The largest absolute Gasteiger partial charge is 0.355 e. The summed E-state index contributed by atoms with van der Waals surface area (Å²) in [7, 11) is -3.70. The van der Waals surface area contributed by atoms with Crippen LogP contribution in [0.1, 0.15) is 18.7 Å². The van der Waals surface area contributed by atoms with Crippen LogP contribution < -0.4 is 10.0 Å². The van der Waals surface area contributed by atoms with Gasteiger partial charge in [-0.15, -0.1) is 0 Å². The minimum absolute atomic E-state index is 0.0200. The van der Waals surface area contributed by atoms with Crippen molar-refractivity contribution in [3.05, 3.63) is 12.0 Å². The molecule has 0 aliphatic carbocycles. The Bertz CT molecular complexity index is 522. The van der Waals surface area contributed by atoms with E-state index in [-0.39, 0.29) is 10.9 Å². The number of amides is 1. The maximum Gasteiger partial charge on any atom is 0.258 e. The standard InChI is InChI=1S/C9H14N4O3S/c1-6-11-5-8(12-6)17(15,16)13-7-3-2-4-10-9(7)14/h5,7,13H,2-4H2,1H3,(H,10,14)(H,11,12). The lowest BCUT2D eigenvalue weighted by Gasteiger charge is -2.22. The average molecular weight is 258 g/mol. The lowest BCUT2D eigenvalue weighted by Crippen LogP contribution is -2.50. The molecule has 0 spiro atoms. The van der Waals surface area contributed by atoms with Gasteiger partial charge in [-0.25, -0.2) is 13.4 Å². The van der Waals surface area contributed by atoms with E-state index in [1.807, 2.05) is 0 Å². The van der Waals surface area contributed by atoms with Crippen molar-refractivity contribution >= 4 is 15.9 Å². The zero-order valence-electron chi connectivity index (χ0n) is 9.36. The maximum absolute atomic E-state index is 11.9. The van der Waals surface area contributed by atoms with Crippen molar-refractivity contribution in [2.45, 2.75) is 30.8 Å². The summed E-state index contributed by atoms with van der Waals surface area (Å²) < 4.78 is 26.2. The summed E-state index contributed by atoms with van der Waals surface area (Å²) in [5, 5.41) is 2.60. The van der Waals surface area contributed by atoms with Crippen LogP contribution in [-0.2, 0) is 14.8 Å². The van der Waals surface area contributed by atoms with Crippen LogP contribution in [0.4, 0.5) is 0 Å². The summed E-state index contributed by atoms with van der Waals surface area (Å²) in [6.45, 7) is 2.26. The average Bonchev–Trinajstić information content (AvgIpc) is 2.69. The van der Waals surface area contributed by atoms with Crippen LogP contribution in [0.3, 0.4) is 0 Å². The smallest absolute Gasteiger partial charge is 0.258 e. The van der Waals surface area contributed by atoms with Crippen molar-refractivity contribution in [3.63, 3.8) is 0 Å². The fourth-order valence-electron chi connectivity index (χ4n) is 1.67. The van der Waals surface area contributed by atoms with Gasteiger partial charge in [0.25, 0.3) is 10.0 Å². The Morgan fingerprint density at radius 2 is 2.29 bits per heavy atom. The summed E-state index contributed by atoms with van der Waals surface area (Å²) in [4.78, 5) is 17.9. The second kappa shape index (κ2) is 4.46. The Kier molecular flexibility index (Phi) is 3.16. The van der Waals surface area contributed by atoms with E-state index in [1.165, 1.54) is 6.20 Å². The van der Waals surface area contributed by atoms with Gasteiger partial charge in [0.2, 0.25) is 5.91 Å². The zero-order chi connectivity index (χ0) is 12.5. The van der Waals surface area contributed by atoms with Crippen molar-refractivity contribution < 1.29 is 13.2 Å². The molecule has 1 fully saturated rings. The minimum atomic E-state index is -3.70. The SMILES string of the molecule is Cc1ncc(S(=O)(=O)NC2CCCNC2=O)[nH]1. The first kappa shape index (κ1) is 12.1. The molecular weight excluding hydrogens is 244 g/mol. The normalized spacial score (nSPS) is 21.2. The molecule has 3 N–H and O–H groups in total. The summed E-state index contributed by atoms with van der Waals surface area (Å²) in [5.74, 6) is 0.231. The third kappa shape index (κ3) is 2.64. The van der Waals surface area contributed by atoms with E-state index in [9.17, 15) is 13.2 Å². The zero-order valence-corrected chi connectivity index (χ0v) is 10.2. The molecule has 0 radical (unpaired) electrons. The molecule has 1 aliphatic heterocycles. The number of sulfonamides is 1. The fourth-order valence-corrected chi connectivity index (χ4v) is 2.87. The summed E-state index contributed by atoms with van der Waals surface area (Å²) in [5.41, 5.74) is 0. The van der Waals surface area contributed by atoms with Gasteiger partial charge < -0.3 is 10.3 Å². The first-order valence-corrected chi connectivity index (χ1v) is 6.79. The number of rotatable bonds is 3. The van der Waals surface area contributed by atoms with Gasteiger partial charge in [-0.2, -0.15) is 4.72 Å². The molecular formula is C9H14N4O3S. The highest BCUT2D eigenvalue weighted by atomic mass is 32.2. The number of hydrogen-bond donors (Lipinski definition) is 3. The number of aromatic nitrogens is 2. The molecule has 94 valence electrons. The van der Waals surface area contributed by atoms with Gasteiger partial charge in [0.05, 0.1) is 6.20 Å². The second-order valence-corrected chi connectivity index (χ2v) is 5.62. The van der Waals surface area contributed by atoms with E-state index in [0.717, 1.165) is 6.42 Å². The Morgan fingerprint density at radius 3 is 2.88 bits per heavy atom. The predicted molar refractivity (Wildman–Crippen MR) is 59.7 cm³/mol. The number of piperidine rings is 1. The Labute approximate surface area is 99.1 Å². The first-order valence-electron chi connectivity index (χ1n) is 5.31. The highest BCUT2D eigenvalue weighted by Gasteiger charge is 2.28. The molecule has 1 aliphatic rings. The molecule has 1 atom stereocenters. The van der Waals surface area contributed by atoms with Gasteiger partial charge in [0.1, 0.15) is 11.9 Å². The molecule has 2 rings (SSSR count). The topological polar surface area (TPSA) is 104 Å². The Morgan fingerprint density at radius 1 is 1.53 bits per heavy atom. The molecule has 1 aromatic heterocycles. The highest BCUT2D eigenvalue weighted by molar-refractivity contribution is 7.89. The van der Waals surface area contributed by atoms with Crippen LogP contribution in [0.25, 0.3) is 0 Å². The van der Waals surface area contributed by atoms with Crippen molar-refractivity contribution in [1.82, 2.24) is 20.0 Å². The van der Waals surface area contributed by atoms with Crippen LogP contribution in [0.2, 0.25) is 0 Å². The third-order valence-corrected chi connectivity index (χ3v) is 3.93. The van der Waals surface area contributed by atoms with Gasteiger partial charge in [0, 0.05) is 6.54 Å². The van der Waals surface area contributed by atoms with Crippen molar-refractivity contribution in [1.29, 1.82) is 0 Å². The highest BCUT2D eigenvalue weighted by Crippen LogP contribution is 2.09. The van der Waals surface area contributed by atoms with Gasteiger partial charge in [-0.3, -0.25) is 4.79 Å².